The summed E-state index contributed by atoms with van der Waals surface area (Å²) in [7, 11) is 0. The van der Waals surface area contributed by atoms with Gasteiger partial charge in [0.1, 0.15) is 0 Å². The van der Waals surface area contributed by atoms with Crippen LogP contribution in [0.5, 0.6) is 5.75 Å². The lowest BCUT2D eigenvalue weighted by Gasteiger charge is -2.28. The maximum Gasteiger partial charge on any atom is 0.282 e. The molecule has 1 amide bonds. The summed E-state index contributed by atoms with van der Waals surface area (Å²) in [5.74, 6) is 0.595. The van der Waals surface area contributed by atoms with Crippen molar-refractivity contribution in [3.05, 3.63) is 60.2 Å². The van der Waals surface area contributed by atoms with Gasteiger partial charge in [-0.05, 0) is 18.2 Å². The first-order valence-electron chi connectivity index (χ1n) is 5.73. The molecule has 0 bridgehead atoms. The average Bonchev–Trinajstić information content (AvgIpc) is 2.41. The monoisotopic (exact) mass is 240 g/mol. The molecule has 1 aliphatic heterocycles. The van der Waals surface area contributed by atoms with Gasteiger partial charge in [0.25, 0.3) is 5.91 Å². The first-order valence-corrected chi connectivity index (χ1v) is 5.73. The Labute approximate surface area is 105 Å². The number of hydroxylamine groups is 1. The van der Waals surface area contributed by atoms with E-state index in [2.05, 4.69) is 5.43 Å². The second-order valence-electron chi connectivity index (χ2n) is 4.04. The van der Waals surface area contributed by atoms with E-state index in [1.54, 1.807) is 0 Å². The lowest BCUT2D eigenvalue weighted by atomic mass is 10.1. The first kappa shape index (κ1) is 10.7. The number of carbonyl (C=O) groups excluding carboxylic acids is 1. The number of rotatable bonds is 2. The molecule has 0 atom stereocenters. The Kier molecular flexibility index (Phi) is 2.61. The molecule has 4 nitrogen and oxygen atoms in total. The molecule has 0 fully saturated rings. The molecular weight excluding hydrogens is 228 g/mol. The lowest BCUT2D eigenvalue weighted by Crippen LogP contribution is -2.43. The maximum absolute atomic E-state index is 11.9. The van der Waals surface area contributed by atoms with E-state index in [1.807, 2.05) is 54.6 Å². The van der Waals surface area contributed by atoms with Crippen molar-refractivity contribution in [2.45, 2.75) is 6.42 Å². The molecule has 3 rings (SSSR count). The molecule has 90 valence electrons. The number of nitrogens with one attached hydrogen (secondary N) is 1. The number of carbonyl (C=O) groups is 1. The van der Waals surface area contributed by atoms with Gasteiger partial charge >= 0.3 is 0 Å². The molecule has 2 aromatic carbocycles. The van der Waals surface area contributed by atoms with Crippen molar-refractivity contribution in [1.82, 2.24) is 5.17 Å². The largest absolute Gasteiger partial charge is 0.356 e. The summed E-state index contributed by atoms with van der Waals surface area (Å²) in [4.78, 5) is 17.4. The Morgan fingerprint density at radius 1 is 1.00 bits per heavy atom. The quantitative estimate of drug-likeness (QED) is 0.876. The van der Waals surface area contributed by atoms with E-state index >= 15 is 0 Å². The number of benzene rings is 2. The number of fused-ring (bicyclic) bond motifs is 1. The highest BCUT2D eigenvalue weighted by Gasteiger charge is 2.24. The number of para-hydroxylation sites is 2. The average molecular weight is 240 g/mol. The lowest BCUT2D eigenvalue weighted by molar-refractivity contribution is -0.154. The molecule has 1 aliphatic rings. The van der Waals surface area contributed by atoms with E-state index < -0.39 is 0 Å². The number of hydrazine groups is 1. The Morgan fingerprint density at radius 2 is 1.72 bits per heavy atom. The topological polar surface area (TPSA) is 41.6 Å². The van der Waals surface area contributed by atoms with Crippen molar-refractivity contribution in [3.63, 3.8) is 0 Å². The fraction of sp³-hybridized carbons (Fsp3) is 0.0714. The van der Waals surface area contributed by atoms with Gasteiger partial charge in [-0.3, -0.25) is 10.2 Å². The predicted octanol–water partition coefficient (Wildman–Crippen LogP) is 2.39. The minimum absolute atomic E-state index is 0.113. The Bertz CT molecular complexity index is 569. The third-order valence-corrected chi connectivity index (χ3v) is 2.73. The third kappa shape index (κ3) is 2.00. The molecular formula is C14H12N2O2. The number of hydrogen-bond acceptors (Lipinski definition) is 3. The van der Waals surface area contributed by atoms with Gasteiger partial charge in [0.15, 0.2) is 5.75 Å². The molecule has 2 aromatic rings. The summed E-state index contributed by atoms with van der Waals surface area (Å²) in [5.41, 5.74) is 4.65. The van der Waals surface area contributed by atoms with Crippen LogP contribution >= 0.6 is 0 Å². The highest BCUT2D eigenvalue weighted by molar-refractivity contribution is 5.81. The van der Waals surface area contributed by atoms with Gasteiger partial charge in [-0.2, -0.15) is 0 Å². The normalized spacial score (nSPS) is 13.8. The van der Waals surface area contributed by atoms with Gasteiger partial charge in [0, 0.05) is 5.56 Å². The second kappa shape index (κ2) is 4.41. The molecule has 0 spiro atoms. The highest BCUT2D eigenvalue weighted by atomic mass is 16.7. The zero-order chi connectivity index (χ0) is 12.4. The van der Waals surface area contributed by atoms with Crippen molar-refractivity contribution in [2.75, 3.05) is 5.43 Å². The summed E-state index contributed by atoms with van der Waals surface area (Å²) in [6.45, 7) is 0. The zero-order valence-electron chi connectivity index (χ0n) is 9.67. The second-order valence-corrected chi connectivity index (χ2v) is 4.04. The molecule has 18 heavy (non-hydrogen) atoms. The van der Waals surface area contributed by atoms with Crippen LogP contribution in [0.2, 0.25) is 0 Å². The Morgan fingerprint density at radius 3 is 2.56 bits per heavy atom. The molecule has 0 saturated carbocycles. The van der Waals surface area contributed by atoms with Gasteiger partial charge in [0.2, 0.25) is 0 Å². The van der Waals surface area contributed by atoms with Crippen LogP contribution in [-0.4, -0.2) is 11.1 Å². The third-order valence-electron chi connectivity index (χ3n) is 2.73. The van der Waals surface area contributed by atoms with Gasteiger partial charge in [0.05, 0.1) is 12.1 Å². The molecule has 0 saturated heterocycles. The standard InChI is InChI=1S/C14H12N2O2/c17-14-10-11-6-4-5-9-13(11)18-16(14)15-12-7-2-1-3-8-12/h1-9,15H,10H2. The van der Waals surface area contributed by atoms with Crippen LogP contribution < -0.4 is 10.3 Å². The smallest absolute Gasteiger partial charge is 0.282 e. The van der Waals surface area contributed by atoms with Crippen LogP contribution in [0.1, 0.15) is 5.56 Å². The van der Waals surface area contributed by atoms with Crippen molar-refractivity contribution in [1.29, 1.82) is 0 Å². The minimum atomic E-state index is -0.113. The Balaban J connectivity index is 1.81. The SMILES string of the molecule is O=C1Cc2ccccc2ON1Nc1ccccc1. The molecule has 1 heterocycles. The summed E-state index contributed by atoms with van der Waals surface area (Å²) in [6.07, 6.45) is 0.343. The van der Waals surface area contributed by atoms with E-state index in [-0.39, 0.29) is 5.91 Å². The van der Waals surface area contributed by atoms with Crippen LogP contribution in [0.4, 0.5) is 5.69 Å². The van der Waals surface area contributed by atoms with Crippen LogP contribution in [0.15, 0.2) is 54.6 Å². The van der Waals surface area contributed by atoms with E-state index in [0.717, 1.165) is 11.3 Å². The summed E-state index contributed by atoms with van der Waals surface area (Å²) < 4.78 is 0. The van der Waals surface area contributed by atoms with Crippen LogP contribution in [0.25, 0.3) is 0 Å². The van der Waals surface area contributed by atoms with Gasteiger partial charge < -0.3 is 4.84 Å². The Hall–Kier alpha value is -2.49. The zero-order valence-corrected chi connectivity index (χ0v) is 9.67. The van der Waals surface area contributed by atoms with Gasteiger partial charge in [-0.1, -0.05) is 41.6 Å². The van der Waals surface area contributed by atoms with E-state index in [0.29, 0.717) is 12.2 Å². The van der Waals surface area contributed by atoms with E-state index in [9.17, 15) is 4.79 Å². The van der Waals surface area contributed by atoms with Crippen molar-refractivity contribution in [3.8, 4) is 5.75 Å². The van der Waals surface area contributed by atoms with Gasteiger partial charge in [-0.25, -0.2) is 0 Å². The van der Waals surface area contributed by atoms with Crippen LogP contribution in [0, 0.1) is 0 Å². The number of anilines is 1. The molecule has 0 aliphatic carbocycles. The summed E-state index contributed by atoms with van der Waals surface area (Å²) >= 11 is 0. The number of amides is 1. The number of nitrogens with zero attached hydrogens (tertiary/aromatic N) is 1. The minimum Gasteiger partial charge on any atom is -0.356 e. The highest BCUT2D eigenvalue weighted by Crippen LogP contribution is 2.25. The van der Waals surface area contributed by atoms with E-state index in [1.165, 1.54) is 5.17 Å². The predicted molar refractivity (Wildman–Crippen MR) is 67.7 cm³/mol. The fourth-order valence-corrected chi connectivity index (χ4v) is 1.84. The van der Waals surface area contributed by atoms with Crippen LogP contribution in [-0.2, 0) is 11.2 Å². The fourth-order valence-electron chi connectivity index (χ4n) is 1.84. The first-order chi connectivity index (χ1) is 8.83. The van der Waals surface area contributed by atoms with Crippen molar-refractivity contribution in [2.24, 2.45) is 0 Å². The molecule has 0 radical (unpaired) electrons. The van der Waals surface area contributed by atoms with Gasteiger partial charge in [-0.15, -0.1) is 0 Å². The van der Waals surface area contributed by atoms with Crippen LogP contribution in [0.3, 0.4) is 0 Å². The molecule has 0 aromatic heterocycles. The maximum atomic E-state index is 11.9. The molecule has 1 N–H and O–H groups in total. The number of hydrogen-bond donors (Lipinski definition) is 1. The summed E-state index contributed by atoms with van der Waals surface area (Å²) in [5, 5.41) is 1.18. The van der Waals surface area contributed by atoms with Crippen molar-refractivity contribution < 1.29 is 9.63 Å². The van der Waals surface area contributed by atoms with E-state index in [4.69, 9.17) is 4.84 Å². The van der Waals surface area contributed by atoms with Crippen molar-refractivity contribution >= 4 is 11.6 Å². The molecule has 0 unspecified atom stereocenters. The summed E-state index contributed by atoms with van der Waals surface area (Å²) in [6, 6.07) is 17.0. The molecule has 4 heteroatoms.